The smallest absolute Gasteiger partial charge is 0.180 e. The highest BCUT2D eigenvalue weighted by atomic mass is 16.5. The maximum atomic E-state index is 9.13. The predicted molar refractivity (Wildman–Crippen MR) is 106 cm³/mol. The number of imidazole rings is 1. The van der Waals surface area contributed by atoms with Crippen LogP contribution in [0.5, 0.6) is 0 Å². The Morgan fingerprint density at radius 1 is 1.38 bits per heavy atom. The van der Waals surface area contributed by atoms with Gasteiger partial charge in [-0.05, 0) is 13.0 Å². The molecule has 1 aliphatic rings. The Morgan fingerprint density at radius 3 is 3.00 bits per heavy atom. The molecule has 3 aromatic rings. The molecule has 0 amide bonds. The minimum absolute atomic E-state index is 0.0299. The molecule has 4 rings (SSSR count). The lowest BCUT2D eigenvalue weighted by molar-refractivity contribution is -0.106. The topological polar surface area (TPSA) is 144 Å². The predicted octanol–water partition coefficient (Wildman–Crippen LogP) is -0.676. The van der Waals surface area contributed by atoms with Gasteiger partial charge in [-0.3, -0.25) is 9.81 Å². The van der Waals surface area contributed by atoms with Gasteiger partial charge in [0, 0.05) is 25.1 Å². The van der Waals surface area contributed by atoms with Gasteiger partial charge >= 0.3 is 0 Å². The normalized spacial score (nSPS) is 19.9. The van der Waals surface area contributed by atoms with Crippen molar-refractivity contribution < 1.29 is 10.1 Å². The molecule has 3 aromatic heterocycles. The molecule has 2 atom stereocenters. The van der Waals surface area contributed by atoms with Crippen molar-refractivity contribution in [1.29, 1.82) is 5.26 Å². The summed E-state index contributed by atoms with van der Waals surface area (Å²) in [6.07, 6.45) is 9.22. The maximum Gasteiger partial charge on any atom is 0.180 e. The number of rotatable bonds is 4. The number of fused-ring (bicyclic) bond motifs is 1. The first-order valence-corrected chi connectivity index (χ1v) is 9.08. The lowest BCUT2D eigenvalue weighted by Gasteiger charge is -2.39. The number of hydrogen-bond donors (Lipinski definition) is 2. The summed E-state index contributed by atoms with van der Waals surface area (Å²) < 4.78 is 7.63. The van der Waals surface area contributed by atoms with E-state index < -0.39 is 0 Å². The van der Waals surface area contributed by atoms with E-state index in [4.69, 9.17) is 26.1 Å². The monoisotopic (exact) mass is 390 g/mol. The second-order valence-corrected chi connectivity index (χ2v) is 6.55. The Bertz CT molecular complexity index is 1130. The summed E-state index contributed by atoms with van der Waals surface area (Å²) in [4.78, 5) is 19.6. The van der Waals surface area contributed by atoms with Gasteiger partial charge < -0.3 is 15.4 Å². The number of morpholine rings is 1. The highest BCUT2D eigenvalue weighted by molar-refractivity contribution is 5.75. The van der Waals surface area contributed by atoms with E-state index in [0.717, 1.165) is 11.4 Å². The molecule has 0 saturated carbocycles. The van der Waals surface area contributed by atoms with Gasteiger partial charge in [0.25, 0.3) is 0 Å². The summed E-state index contributed by atoms with van der Waals surface area (Å²) in [7, 11) is 0. The van der Waals surface area contributed by atoms with Gasteiger partial charge in [0.1, 0.15) is 23.7 Å². The van der Waals surface area contributed by atoms with Gasteiger partial charge in [-0.25, -0.2) is 19.9 Å². The van der Waals surface area contributed by atoms with Crippen LogP contribution >= 0.6 is 0 Å². The van der Waals surface area contributed by atoms with E-state index in [0.29, 0.717) is 30.3 Å². The van der Waals surface area contributed by atoms with Crippen LogP contribution < -0.4 is 16.0 Å². The molecule has 29 heavy (non-hydrogen) atoms. The lowest BCUT2D eigenvalue weighted by atomic mass is 10.0. The molecule has 10 nitrogen and oxygen atoms in total. The minimum Gasteiger partial charge on any atom is -0.404 e. The Hall–Kier alpha value is -3.84. The average Bonchev–Trinajstić information content (AvgIpc) is 3.19. The zero-order chi connectivity index (χ0) is 20.4. The molecule has 4 N–H and O–H groups in total. The van der Waals surface area contributed by atoms with E-state index in [9.17, 15) is 0 Å². The molecular formula is C19H20N9O+. The first-order valence-electron chi connectivity index (χ1n) is 9.08. The van der Waals surface area contributed by atoms with E-state index in [1.807, 2.05) is 19.1 Å². The minimum atomic E-state index is -0.253. The highest BCUT2D eigenvalue weighted by Crippen LogP contribution is 2.26. The number of anilines is 1. The Kier molecular flexibility index (Phi) is 4.88. The van der Waals surface area contributed by atoms with Gasteiger partial charge in [-0.15, -0.1) is 0 Å². The van der Waals surface area contributed by atoms with Crippen LogP contribution in [0.25, 0.3) is 17.2 Å². The molecule has 1 fully saturated rings. The molecule has 0 spiro atoms. The van der Waals surface area contributed by atoms with Gasteiger partial charge in [-0.1, -0.05) is 0 Å². The van der Waals surface area contributed by atoms with Crippen LogP contribution in [-0.2, 0) is 4.74 Å². The molecule has 146 valence electrons. The molecule has 2 unspecified atom stereocenters. The first-order chi connectivity index (χ1) is 14.2. The number of nitriles is 1. The number of hydrogen-bond acceptors (Lipinski definition) is 8. The van der Waals surface area contributed by atoms with Crippen LogP contribution in [0.1, 0.15) is 12.6 Å². The van der Waals surface area contributed by atoms with Crippen molar-refractivity contribution in [2.24, 2.45) is 5.73 Å². The van der Waals surface area contributed by atoms with Crippen molar-refractivity contribution in [3.8, 4) is 17.6 Å². The second-order valence-electron chi connectivity index (χ2n) is 6.55. The van der Waals surface area contributed by atoms with Crippen molar-refractivity contribution in [2.75, 3.05) is 18.1 Å². The average molecular weight is 390 g/mol. The Labute approximate surface area is 166 Å². The van der Waals surface area contributed by atoms with Crippen LogP contribution in [0.3, 0.4) is 0 Å². The zero-order valence-corrected chi connectivity index (χ0v) is 15.8. The number of nitrogens with zero attached hydrogens (tertiary/aromatic N) is 7. The van der Waals surface area contributed by atoms with E-state index in [1.165, 1.54) is 12.4 Å². The lowest BCUT2D eigenvalue weighted by Crippen LogP contribution is -2.52. The van der Waals surface area contributed by atoms with Crippen molar-refractivity contribution in [2.45, 2.75) is 19.1 Å². The molecular weight excluding hydrogens is 370 g/mol. The number of aromatic nitrogens is 5. The van der Waals surface area contributed by atoms with Crippen LogP contribution in [0, 0.1) is 11.3 Å². The SMILES string of the molecule is CC1C(/C(C=[NH2+])=C/N)OCCN1c1ccnc(-c2cnc3cnc(C#N)cn23)n1. The van der Waals surface area contributed by atoms with Crippen molar-refractivity contribution >= 4 is 17.7 Å². The van der Waals surface area contributed by atoms with Crippen LogP contribution in [0.2, 0.25) is 0 Å². The fourth-order valence-corrected chi connectivity index (χ4v) is 3.47. The van der Waals surface area contributed by atoms with E-state index in [1.54, 1.807) is 29.2 Å². The summed E-state index contributed by atoms with van der Waals surface area (Å²) >= 11 is 0. The zero-order valence-electron chi connectivity index (χ0n) is 15.8. The highest BCUT2D eigenvalue weighted by Gasteiger charge is 2.32. The second kappa shape index (κ2) is 7.65. The third kappa shape index (κ3) is 3.28. The van der Waals surface area contributed by atoms with Gasteiger partial charge in [0.2, 0.25) is 0 Å². The Morgan fingerprint density at radius 2 is 2.24 bits per heavy atom. The molecule has 10 heteroatoms. The standard InChI is InChI=1S/C19H19N9O/c1-12-18(13(6-20)7-21)29-5-4-27(12)16-2-3-23-19(26-16)15-9-25-17-10-24-14(8-22)11-28(15)17/h2-3,6-7,9-12,18,20H,4-5,21H2,1H3/p+1/b13-7+,20-6?. The van der Waals surface area contributed by atoms with E-state index >= 15 is 0 Å². The summed E-state index contributed by atoms with van der Waals surface area (Å²) in [6.45, 7) is 3.23. The summed E-state index contributed by atoms with van der Waals surface area (Å²) in [6, 6.07) is 3.85. The maximum absolute atomic E-state index is 9.13. The summed E-state index contributed by atoms with van der Waals surface area (Å²) in [5.41, 5.74) is 8.00. The van der Waals surface area contributed by atoms with Gasteiger partial charge in [-0.2, -0.15) is 5.26 Å². The van der Waals surface area contributed by atoms with Crippen molar-refractivity contribution in [1.82, 2.24) is 24.3 Å². The van der Waals surface area contributed by atoms with Crippen molar-refractivity contribution in [3.63, 3.8) is 0 Å². The first kappa shape index (κ1) is 18.5. The van der Waals surface area contributed by atoms with Crippen molar-refractivity contribution in [3.05, 3.63) is 48.3 Å². The van der Waals surface area contributed by atoms with Gasteiger partial charge in [0.05, 0.1) is 30.6 Å². The third-order valence-corrected chi connectivity index (χ3v) is 4.95. The molecule has 0 aromatic carbocycles. The van der Waals surface area contributed by atoms with Crippen LogP contribution in [0.4, 0.5) is 5.82 Å². The summed E-state index contributed by atoms with van der Waals surface area (Å²) in [5, 5.41) is 14.8. The third-order valence-electron chi connectivity index (χ3n) is 4.95. The molecule has 0 aliphatic carbocycles. The fourth-order valence-electron chi connectivity index (χ4n) is 3.47. The number of ether oxygens (including phenoxy) is 1. The molecule has 0 radical (unpaired) electrons. The molecule has 0 bridgehead atoms. The van der Waals surface area contributed by atoms with E-state index in [-0.39, 0.29) is 17.8 Å². The molecule has 1 aliphatic heterocycles. The van der Waals surface area contributed by atoms with Gasteiger partial charge in [0.15, 0.2) is 23.4 Å². The molecule has 4 heterocycles. The fraction of sp³-hybridized carbons (Fsp3) is 0.263. The number of nitrogens with two attached hydrogens (primary N) is 2. The van der Waals surface area contributed by atoms with E-state index in [2.05, 4.69) is 19.9 Å². The quantitative estimate of drug-likeness (QED) is 0.558. The molecule has 1 saturated heterocycles. The Balaban J connectivity index is 1.71. The van der Waals surface area contributed by atoms with Crippen LogP contribution in [0.15, 0.2) is 42.6 Å². The van der Waals surface area contributed by atoms with Crippen LogP contribution in [-0.4, -0.2) is 55.8 Å². The summed E-state index contributed by atoms with van der Waals surface area (Å²) in [5.74, 6) is 1.26. The largest absolute Gasteiger partial charge is 0.404 e.